The summed E-state index contributed by atoms with van der Waals surface area (Å²) in [7, 11) is 4.29. The molecule has 0 aromatic rings. The summed E-state index contributed by atoms with van der Waals surface area (Å²) in [5.74, 6) is 0. The number of likely N-dealkylation sites (N-methyl/N-ethyl adjacent to an activating group) is 2. The van der Waals surface area contributed by atoms with E-state index in [0.29, 0.717) is 6.04 Å². The molecule has 1 fully saturated rings. The van der Waals surface area contributed by atoms with E-state index >= 15 is 0 Å². The second-order valence-corrected chi connectivity index (χ2v) is 4.65. The van der Waals surface area contributed by atoms with Gasteiger partial charge in [-0.15, -0.1) is 0 Å². The van der Waals surface area contributed by atoms with Crippen molar-refractivity contribution in [3.05, 3.63) is 0 Å². The fourth-order valence-corrected chi connectivity index (χ4v) is 2.29. The molecule has 2 atom stereocenters. The average molecular weight is 199 g/mol. The molecule has 0 bridgehead atoms. The van der Waals surface area contributed by atoms with Crippen molar-refractivity contribution >= 4 is 0 Å². The Balaban J connectivity index is 2.26. The van der Waals surface area contributed by atoms with Crippen LogP contribution in [0.5, 0.6) is 0 Å². The predicted molar refractivity (Wildman–Crippen MR) is 61.7 cm³/mol. The van der Waals surface area contributed by atoms with Crippen LogP contribution < -0.4 is 5.32 Å². The number of nitrogens with one attached hydrogen (secondary N) is 1. The number of likely N-dealkylation sites (tertiary alicyclic amines) is 1. The van der Waals surface area contributed by atoms with Crippen LogP contribution in [0, 0.1) is 0 Å². The van der Waals surface area contributed by atoms with Gasteiger partial charge in [0, 0.05) is 31.7 Å². The zero-order valence-corrected chi connectivity index (χ0v) is 10.1. The molecule has 1 saturated heterocycles. The number of hydrogen-bond acceptors (Lipinski definition) is 3. The molecule has 3 heteroatoms. The summed E-state index contributed by atoms with van der Waals surface area (Å²) in [5.41, 5.74) is 0. The largest absolute Gasteiger partial charge is 0.313 e. The van der Waals surface area contributed by atoms with E-state index < -0.39 is 0 Å². The van der Waals surface area contributed by atoms with E-state index in [1.807, 2.05) is 0 Å². The van der Waals surface area contributed by atoms with Crippen molar-refractivity contribution in [3.8, 4) is 0 Å². The third-order valence-electron chi connectivity index (χ3n) is 2.97. The predicted octanol–water partition coefficient (Wildman–Crippen LogP) is 0.620. The van der Waals surface area contributed by atoms with E-state index in [4.69, 9.17) is 0 Å². The molecule has 1 aliphatic rings. The lowest BCUT2D eigenvalue weighted by Gasteiger charge is -2.27. The molecule has 0 aromatic heterocycles. The third kappa shape index (κ3) is 3.56. The molecular weight excluding hydrogens is 174 g/mol. The maximum Gasteiger partial charge on any atom is 0.0207 e. The van der Waals surface area contributed by atoms with E-state index in [-0.39, 0.29) is 0 Å². The Morgan fingerprint density at radius 3 is 2.79 bits per heavy atom. The van der Waals surface area contributed by atoms with E-state index in [0.717, 1.165) is 12.6 Å². The van der Waals surface area contributed by atoms with Crippen LogP contribution in [-0.2, 0) is 0 Å². The van der Waals surface area contributed by atoms with Gasteiger partial charge in [0.25, 0.3) is 0 Å². The number of hydrogen-bond donors (Lipinski definition) is 1. The lowest BCUT2D eigenvalue weighted by molar-refractivity contribution is 0.205. The van der Waals surface area contributed by atoms with Gasteiger partial charge in [0.1, 0.15) is 0 Å². The molecule has 0 amide bonds. The van der Waals surface area contributed by atoms with Crippen LogP contribution in [-0.4, -0.2) is 62.2 Å². The van der Waals surface area contributed by atoms with Gasteiger partial charge in [0.2, 0.25) is 0 Å². The Hall–Kier alpha value is -0.120. The van der Waals surface area contributed by atoms with Crippen molar-refractivity contribution in [2.75, 3.05) is 40.3 Å². The van der Waals surface area contributed by atoms with Gasteiger partial charge in [0.15, 0.2) is 0 Å². The van der Waals surface area contributed by atoms with Crippen LogP contribution in [0.1, 0.15) is 20.3 Å². The second-order valence-electron chi connectivity index (χ2n) is 4.65. The molecule has 3 nitrogen and oxygen atoms in total. The number of rotatable bonds is 5. The first-order chi connectivity index (χ1) is 6.63. The van der Waals surface area contributed by atoms with Crippen molar-refractivity contribution in [3.63, 3.8) is 0 Å². The average Bonchev–Trinajstić information content (AvgIpc) is 2.52. The topological polar surface area (TPSA) is 18.5 Å². The normalized spacial score (nSPS) is 25.9. The lowest BCUT2D eigenvalue weighted by atomic mass is 10.2. The molecule has 1 N–H and O–H groups in total. The molecule has 0 spiro atoms. The molecule has 1 rings (SSSR count). The Morgan fingerprint density at radius 2 is 2.21 bits per heavy atom. The van der Waals surface area contributed by atoms with Gasteiger partial charge in [-0.3, -0.25) is 4.90 Å². The van der Waals surface area contributed by atoms with Gasteiger partial charge in [-0.25, -0.2) is 0 Å². The first-order valence-electron chi connectivity index (χ1n) is 5.75. The highest BCUT2D eigenvalue weighted by atomic mass is 15.2. The Labute approximate surface area is 88.5 Å². The molecule has 84 valence electrons. The smallest absolute Gasteiger partial charge is 0.0207 e. The van der Waals surface area contributed by atoms with Crippen LogP contribution in [0.2, 0.25) is 0 Å². The molecule has 1 aliphatic heterocycles. The molecular formula is C11H25N3. The van der Waals surface area contributed by atoms with Crippen molar-refractivity contribution < 1.29 is 0 Å². The van der Waals surface area contributed by atoms with Gasteiger partial charge in [-0.2, -0.15) is 0 Å². The van der Waals surface area contributed by atoms with Crippen LogP contribution in [0.3, 0.4) is 0 Å². The minimum Gasteiger partial charge on any atom is -0.313 e. The highest BCUT2D eigenvalue weighted by molar-refractivity contribution is 4.84. The standard InChI is InChI=1S/C11H25N3/c1-5-12-11-6-7-14(9-11)10(2)8-13(3)4/h10-12H,5-9H2,1-4H3. The van der Waals surface area contributed by atoms with Gasteiger partial charge < -0.3 is 10.2 Å². The highest BCUT2D eigenvalue weighted by Crippen LogP contribution is 2.12. The number of nitrogens with zero attached hydrogens (tertiary/aromatic N) is 2. The molecule has 2 unspecified atom stereocenters. The maximum atomic E-state index is 3.53. The summed E-state index contributed by atoms with van der Waals surface area (Å²) in [6.07, 6.45) is 1.31. The van der Waals surface area contributed by atoms with E-state index in [1.54, 1.807) is 0 Å². The lowest BCUT2D eigenvalue weighted by Crippen LogP contribution is -2.40. The third-order valence-corrected chi connectivity index (χ3v) is 2.97. The van der Waals surface area contributed by atoms with Gasteiger partial charge in [-0.05, 0) is 34.0 Å². The first-order valence-corrected chi connectivity index (χ1v) is 5.75. The fourth-order valence-electron chi connectivity index (χ4n) is 2.29. The summed E-state index contributed by atoms with van der Waals surface area (Å²) in [4.78, 5) is 4.86. The maximum absolute atomic E-state index is 3.53. The first kappa shape index (κ1) is 12.0. The minimum absolute atomic E-state index is 0.689. The Bertz CT molecular complexity index is 159. The summed E-state index contributed by atoms with van der Waals surface area (Å²) < 4.78 is 0. The van der Waals surface area contributed by atoms with Crippen molar-refractivity contribution in [2.45, 2.75) is 32.4 Å². The highest BCUT2D eigenvalue weighted by Gasteiger charge is 2.25. The van der Waals surface area contributed by atoms with Crippen molar-refractivity contribution in [1.29, 1.82) is 0 Å². The Morgan fingerprint density at radius 1 is 1.50 bits per heavy atom. The van der Waals surface area contributed by atoms with Crippen LogP contribution >= 0.6 is 0 Å². The molecule has 0 aromatic carbocycles. The zero-order valence-electron chi connectivity index (χ0n) is 10.1. The summed E-state index contributed by atoms with van der Waals surface area (Å²) >= 11 is 0. The molecule has 0 radical (unpaired) electrons. The Kier molecular flexibility index (Phi) is 4.85. The molecule has 14 heavy (non-hydrogen) atoms. The van der Waals surface area contributed by atoms with Gasteiger partial charge in [0.05, 0.1) is 0 Å². The fraction of sp³-hybridized carbons (Fsp3) is 1.00. The van der Waals surface area contributed by atoms with Gasteiger partial charge in [-0.1, -0.05) is 6.92 Å². The minimum atomic E-state index is 0.689. The zero-order chi connectivity index (χ0) is 10.6. The van der Waals surface area contributed by atoms with Crippen LogP contribution in [0.4, 0.5) is 0 Å². The SMILES string of the molecule is CCNC1CCN(C(C)CN(C)C)C1. The monoisotopic (exact) mass is 199 g/mol. The van der Waals surface area contributed by atoms with Crippen LogP contribution in [0.15, 0.2) is 0 Å². The van der Waals surface area contributed by atoms with E-state index in [1.165, 1.54) is 26.1 Å². The van der Waals surface area contributed by atoms with Crippen molar-refractivity contribution in [2.24, 2.45) is 0 Å². The molecule has 1 heterocycles. The summed E-state index contributed by atoms with van der Waals surface area (Å²) in [6.45, 7) is 9.26. The molecule has 0 aliphatic carbocycles. The summed E-state index contributed by atoms with van der Waals surface area (Å²) in [5, 5.41) is 3.53. The summed E-state index contributed by atoms with van der Waals surface area (Å²) in [6, 6.07) is 1.42. The second kappa shape index (κ2) is 5.69. The quantitative estimate of drug-likeness (QED) is 0.700. The van der Waals surface area contributed by atoms with Gasteiger partial charge >= 0.3 is 0 Å². The van der Waals surface area contributed by atoms with E-state index in [9.17, 15) is 0 Å². The molecule has 0 saturated carbocycles. The van der Waals surface area contributed by atoms with Crippen molar-refractivity contribution in [1.82, 2.24) is 15.1 Å². The van der Waals surface area contributed by atoms with Crippen LogP contribution in [0.25, 0.3) is 0 Å². The van der Waals surface area contributed by atoms with E-state index in [2.05, 4.69) is 43.1 Å².